The van der Waals surface area contributed by atoms with Gasteiger partial charge in [0.25, 0.3) is 0 Å². The normalized spacial score (nSPS) is 13.1. The Kier molecular flexibility index (Phi) is 5.36. The van der Waals surface area contributed by atoms with Crippen LogP contribution in [0.15, 0.2) is 18.2 Å². The highest BCUT2D eigenvalue weighted by molar-refractivity contribution is 6.92. The first kappa shape index (κ1) is 16.8. The minimum Gasteiger partial charge on any atom is -0.440 e. The van der Waals surface area contributed by atoms with E-state index in [1.165, 1.54) is 16.3 Å². The van der Waals surface area contributed by atoms with E-state index in [4.69, 9.17) is 8.23 Å². The monoisotopic (exact) mass is 312 g/mol. The third-order valence-corrected chi connectivity index (χ3v) is 12.8. The third kappa shape index (κ3) is 5.35. The van der Waals surface area contributed by atoms with Gasteiger partial charge in [-0.15, -0.1) is 0 Å². The van der Waals surface area contributed by atoms with Crippen molar-refractivity contribution in [3.05, 3.63) is 29.3 Å². The molecular weight excluding hydrogens is 284 g/mol. The van der Waals surface area contributed by atoms with Crippen molar-refractivity contribution < 1.29 is 8.23 Å². The summed E-state index contributed by atoms with van der Waals surface area (Å²) >= 11 is 0. The van der Waals surface area contributed by atoms with Crippen molar-refractivity contribution >= 4 is 31.1 Å². The number of benzene rings is 1. The second-order valence-corrected chi connectivity index (χ2v) is 16.8. The van der Waals surface area contributed by atoms with E-state index in [9.17, 15) is 0 Å². The van der Waals surface area contributed by atoms with Crippen LogP contribution in [0.4, 0.5) is 0 Å². The maximum atomic E-state index is 6.52. The van der Waals surface area contributed by atoms with Crippen molar-refractivity contribution in [3.8, 4) is 0 Å². The second kappa shape index (κ2) is 6.05. The molecule has 1 aromatic carbocycles. The Bertz CT molecular complexity index is 422. The highest BCUT2D eigenvalue weighted by atomic mass is 28.5. The molecule has 0 bridgehead atoms. The minimum absolute atomic E-state index is 1.04. The van der Waals surface area contributed by atoms with E-state index in [0.717, 1.165) is 0 Å². The van der Waals surface area contributed by atoms with Crippen LogP contribution < -0.4 is 5.19 Å². The summed E-state index contributed by atoms with van der Waals surface area (Å²) in [7, 11) is -4.92. The zero-order valence-electron chi connectivity index (χ0n) is 13.6. The molecule has 0 aliphatic carbocycles. The lowest BCUT2D eigenvalue weighted by molar-refractivity contribution is 0.408. The predicted molar refractivity (Wildman–Crippen MR) is 91.6 cm³/mol. The van der Waals surface area contributed by atoms with Crippen molar-refractivity contribution in [2.24, 2.45) is 0 Å². The van der Waals surface area contributed by atoms with Crippen LogP contribution in [0.1, 0.15) is 11.1 Å². The summed E-state index contributed by atoms with van der Waals surface area (Å²) in [5.41, 5.74) is 2.63. The maximum absolute atomic E-state index is 6.52. The lowest BCUT2D eigenvalue weighted by Crippen LogP contribution is -2.55. The molecular formula is C14H28O2Si3. The molecule has 0 aliphatic heterocycles. The van der Waals surface area contributed by atoms with Gasteiger partial charge in [-0.2, -0.15) is 0 Å². The van der Waals surface area contributed by atoms with Crippen LogP contribution in [0.5, 0.6) is 0 Å². The molecule has 0 aliphatic rings. The fourth-order valence-electron chi connectivity index (χ4n) is 2.59. The van der Waals surface area contributed by atoms with Crippen molar-refractivity contribution in [1.82, 2.24) is 0 Å². The second-order valence-electron chi connectivity index (χ2n) is 6.56. The van der Waals surface area contributed by atoms with Crippen LogP contribution in [0.2, 0.25) is 39.3 Å². The summed E-state index contributed by atoms with van der Waals surface area (Å²) in [6, 6.07) is 6.76. The van der Waals surface area contributed by atoms with Crippen LogP contribution >= 0.6 is 0 Å². The fourth-order valence-corrected chi connectivity index (χ4v) is 14.3. The van der Waals surface area contributed by atoms with Gasteiger partial charge in [0, 0.05) is 0 Å². The molecule has 0 saturated carbocycles. The van der Waals surface area contributed by atoms with Gasteiger partial charge in [-0.3, -0.25) is 0 Å². The molecule has 5 heteroatoms. The smallest absolute Gasteiger partial charge is 0.311 e. The zero-order valence-corrected chi connectivity index (χ0v) is 16.8. The molecule has 1 rings (SSSR count). The van der Waals surface area contributed by atoms with E-state index < -0.39 is 25.9 Å². The van der Waals surface area contributed by atoms with Gasteiger partial charge in [-0.25, -0.2) is 0 Å². The van der Waals surface area contributed by atoms with E-state index in [1.54, 1.807) is 0 Å². The molecule has 0 heterocycles. The number of aryl methyl sites for hydroxylation is 2. The van der Waals surface area contributed by atoms with Gasteiger partial charge >= 0.3 is 8.56 Å². The van der Waals surface area contributed by atoms with Crippen molar-refractivity contribution in [2.45, 2.75) is 53.1 Å². The summed E-state index contributed by atoms with van der Waals surface area (Å²) < 4.78 is 12.7. The van der Waals surface area contributed by atoms with E-state index >= 15 is 0 Å². The Labute approximate surface area is 122 Å². The molecule has 1 aromatic rings. The summed E-state index contributed by atoms with van der Waals surface area (Å²) in [5.74, 6) is 0. The first-order valence-electron chi connectivity index (χ1n) is 6.98. The van der Waals surface area contributed by atoms with Crippen molar-refractivity contribution in [3.63, 3.8) is 0 Å². The van der Waals surface area contributed by atoms with Crippen molar-refractivity contribution in [2.75, 3.05) is 0 Å². The van der Waals surface area contributed by atoms with Crippen LogP contribution in [-0.4, -0.2) is 25.9 Å². The number of hydrogen-bond donors (Lipinski definition) is 0. The van der Waals surface area contributed by atoms with Gasteiger partial charge in [-0.1, -0.05) is 29.3 Å². The average molecular weight is 313 g/mol. The molecule has 0 radical (unpaired) electrons. The molecule has 0 fully saturated rings. The Hall–Kier alpha value is -0.209. The average Bonchev–Trinajstić information content (AvgIpc) is 2.11. The standard InChI is InChI=1S/C14H28O2Si3/c1-12-9-13(2)11-14(10-12)18(5,6)16-19(7,8)15-17(3)4/h9-11,17H,1-8H3. The highest BCUT2D eigenvalue weighted by Gasteiger charge is 2.36. The summed E-state index contributed by atoms with van der Waals surface area (Å²) in [6.45, 7) is 17.6. The highest BCUT2D eigenvalue weighted by Crippen LogP contribution is 2.18. The molecule has 0 N–H and O–H groups in total. The summed E-state index contributed by atoms with van der Waals surface area (Å²) in [6.07, 6.45) is 0. The van der Waals surface area contributed by atoms with Crippen LogP contribution in [0.25, 0.3) is 0 Å². The van der Waals surface area contributed by atoms with Crippen LogP contribution in [0.3, 0.4) is 0 Å². The molecule has 0 aromatic heterocycles. The Morgan fingerprint density at radius 3 is 1.79 bits per heavy atom. The maximum Gasteiger partial charge on any atom is 0.311 e. The first-order valence-corrected chi connectivity index (χ1v) is 15.5. The first-order chi connectivity index (χ1) is 8.52. The molecule has 0 amide bonds. The lowest BCUT2D eigenvalue weighted by atomic mass is 10.2. The third-order valence-electron chi connectivity index (χ3n) is 2.94. The summed E-state index contributed by atoms with van der Waals surface area (Å²) in [4.78, 5) is 0. The van der Waals surface area contributed by atoms with E-state index in [2.05, 4.69) is 71.3 Å². The summed E-state index contributed by atoms with van der Waals surface area (Å²) in [5, 5.41) is 1.37. The lowest BCUT2D eigenvalue weighted by Gasteiger charge is -2.35. The Balaban J connectivity index is 2.97. The van der Waals surface area contributed by atoms with Crippen LogP contribution in [0, 0.1) is 13.8 Å². The minimum atomic E-state index is -2.00. The molecule has 108 valence electrons. The molecule has 0 spiro atoms. The number of rotatable bonds is 5. The predicted octanol–water partition coefficient (Wildman–Crippen LogP) is 3.43. The topological polar surface area (TPSA) is 18.5 Å². The van der Waals surface area contributed by atoms with E-state index in [-0.39, 0.29) is 0 Å². The fraction of sp³-hybridized carbons (Fsp3) is 0.571. The van der Waals surface area contributed by atoms with Gasteiger partial charge in [0.15, 0.2) is 9.04 Å². The zero-order chi connectivity index (χ0) is 14.8. The van der Waals surface area contributed by atoms with Gasteiger partial charge in [0.05, 0.1) is 0 Å². The Morgan fingerprint density at radius 2 is 1.37 bits per heavy atom. The van der Waals surface area contributed by atoms with E-state index in [1.807, 2.05) is 0 Å². The van der Waals surface area contributed by atoms with Gasteiger partial charge < -0.3 is 8.23 Å². The largest absolute Gasteiger partial charge is 0.440 e. The van der Waals surface area contributed by atoms with Crippen molar-refractivity contribution in [1.29, 1.82) is 0 Å². The molecule has 0 unspecified atom stereocenters. The molecule has 0 saturated heterocycles. The number of hydrogen-bond acceptors (Lipinski definition) is 2. The van der Waals surface area contributed by atoms with E-state index in [0.29, 0.717) is 0 Å². The van der Waals surface area contributed by atoms with Crippen LogP contribution in [-0.2, 0) is 8.23 Å². The van der Waals surface area contributed by atoms with Gasteiger partial charge in [0.1, 0.15) is 0 Å². The molecule has 0 atom stereocenters. The van der Waals surface area contributed by atoms with Gasteiger partial charge in [0.2, 0.25) is 8.32 Å². The Morgan fingerprint density at radius 1 is 0.895 bits per heavy atom. The molecule has 2 nitrogen and oxygen atoms in total. The molecule has 19 heavy (non-hydrogen) atoms. The SMILES string of the molecule is Cc1cc(C)cc([Si](C)(C)O[Si](C)(C)O[SiH](C)C)c1. The van der Waals surface area contributed by atoms with Gasteiger partial charge in [-0.05, 0) is 58.3 Å². The quantitative estimate of drug-likeness (QED) is 0.776.